The average Bonchev–Trinajstić information content (AvgIpc) is 2.48. The van der Waals surface area contributed by atoms with Gasteiger partial charge in [0.2, 0.25) is 5.91 Å². The molecule has 3 N–H and O–H groups in total. The van der Waals surface area contributed by atoms with Crippen LogP contribution in [0.25, 0.3) is 0 Å². The second kappa shape index (κ2) is 11.7. The molecule has 0 aromatic heterocycles. The summed E-state index contributed by atoms with van der Waals surface area (Å²) in [7, 11) is 0. The van der Waals surface area contributed by atoms with Crippen LogP contribution < -0.4 is 11.1 Å². The molecule has 1 aliphatic rings. The zero-order valence-corrected chi connectivity index (χ0v) is 16.3. The monoisotopic (exact) mass is 375 g/mol. The van der Waals surface area contributed by atoms with Crippen LogP contribution in [0.5, 0.6) is 0 Å². The van der Waals surface area contributed by atoms with Gasteiger partial charge in [-0.2, -0.15) is 0 Å². The SMILES string of the molecule is CC(N)CC(=O)NCc1ccc(CN2CCCCC2C)cc1.Cl.Cl. The van der Waals surface area contributed by atoms with E-state index in [1.807, 2.05) is 6.92 Å². The van der Waals surface area contributed by atoms with Crippen molar-refractivity contribution >= 4 is 30.7 Å². The first-order valence-corrected chi connectivity index (χ1v) is 8.38. The van der Waals surface area contributed by atoms with E-state index in [1.54, 1.807) is 0 Å². The van der Waals surface area contributed by atoms with E-state index in [-0.39, 0.29) is 36.8 Å². The topological polar surface area (TPSA) is 58.4 Å². The summed E-state index contributed by atoms with van der Waals surface area (Å²) in [4.78, 5) is 14.2. The van der Waals surface area contributed by atoms with Crippen molar-refractivity contribution in [3.8, 4) is 0 Å². The van der Waals surface area contributed by atoms with Gasteiger partial charge >= 0.3 is 0 Å². The molecule has 1 heterocycles. The molecule has 0 aliphatic carbocycles. The summed E-state index contributed by atoms with van der Waals surface area (Å²) in [6, 6.07) is 9.16. The molecule has 24 heavy (non-hydrogen) atoms. The lowest BCUT2D eigenvalue weighted by Crippen LogP contribution is -2.36. The third-order valence-electron chi connectivity index (χ3n) is 4.35. The van der Waals surface area contributed by atoms with E-state index >= 15 is 0 Å². The maximum Gasteiger partial charge on any atom is 0.221 e. The van der Waals surface area contributed by atoms with Gasteiger partial charge in [0.15, 0.2) is 0 Å². The lowest BCUT2D eigenvalue weighted by atomic mass is 10.0. The molecule has 1 aliphatic heterocycles. The standard InChI is InChI=1S/C18H29N3O.2ClH/c1-14(19)11-18(22)20-12-16-6-8-17(9-7-16)13-21-10-4-3-5-15(21)2;;/h6-9,14-15H,3-5,10-13,19H2,1-2H3,(H,20,22);2*1H. The van der Waals surface area contributed by atoms with Crippen molar-refractivity contribution in [3.63, 3.8) is 0 Å². The molecule has 1 aromatic rings. The van der Waals surface area contributed by atoms with E-state index in [2.05, 4.69) is 41.4 Å². The lowest BCUT2D eigenvalue weighted by Gasteiger charge is -2.33. The number of carbonyl (C=O) groups is 1. The fourth-order valence-electron chi connectivity index (χ4n) is 2.95. The Morgan fingerprint density at radius 2 is 1.88 bits per heavy atom. The van der Waals surface area contributed by atoms with Gasteiger partial charge in [0.05, 0.1) is 0 Å². The van der Waals surface area contributed by atoms with E-state index in [0.29, 0.717) is 19.0 Å². The first kappa shape index (κ1) is 23.2. The Balaban J connectivity index is 0.00000264. The molecular formula is C18H31Cl2N3O. The Morgan fingerprint density at radius 1 is 1.25 bits per heavy atom. The Kier molecular flexibility index (Phi) is 11.3. The third kappa shape index (κ3) is 7.84. The number of halogens is 2. The minimum absolute atomic E-state index is 0. The van der Waals surface area contributed by atoms with Gasteiger partial charge in [-0.05, 0) is 44.4 Å². The molecule has 0 radical (unpaired) electrons. The Hall–Kier alpha value is -0.810. The molecule has 1 aromatic carbocycles. The number of nitrogens with two attached hydrogens (primary N) is 1. The summed E-state index contributed by atoms with van der Waals surface area (Å²) in [5.74, 6) is 0.0150. The Morgan fingerprint density at radius 3 is 2.46 bits per heavy atom. The van der Waals surface area contributed by atoms with Crippen molar-refractivity contribution in [3.05, 3.63) is 35.4 Å². The molecular weight excluding hydrogens is 345 g/mol. The number of hydrogen-bond acceptors (Lipinski definition) is 3. The molecule has 2 atom stereocenters. The van der Waals surface area contributed by atoms with E-state index in [9.17, 15) is 4.79 Å². The van der Waals surface area contributed by atoms with Gasteiger partial charge in [-0.15, -0.1) is 24.8 Å². The molecule has 0 spiro atoms. The van der Waals surface area contributed by atoms with Crippen molar-refractivity contribution in [1.82, 2.24) is 10.2 Å². The van der Waals surface area contributed by atoms with Crippen LogP contribution >= 0.6 is 24.8 Å². The predicted molar refractivity (Wildman–Crippen MR) is 105 cm³/mol. The van der Waals surface area contributed by atoms with Crippen LogP contribution in [0.3, 0.4) is 0 Å². The minimum Gasteiger partial charge on any atom is -0.352 e. The second-order valence-electron chi connectivity index (χ2n) is 6.59. The Labute approximate surface area is 158 Å². The number of likely N-dealkylation sites (tertiary alicyclic amines) is 1. The van der Waals surface area contributed by atoms with Crippen LogP contribution in [0, 0.1) is 0 Å². The first-order chi connectivity index (χ1) is 10.5. The van der Waals surface area contributed by atoms with Crippen molar-refractivity contribution < 1.29 is 4.79 Å². The summed E-state index contributed by atoms with van der Waals surface area (Å²) in [6.07, 6.45) is 4.36. The van der Waals surface area contributed by atoms with Gasteiger partial charge in [0, 0.05) is 31.6 Å². The molecule has 1 fully saturated rings. The maximum atomic E-state index is 11.6. The molecule has 4 nitrogen and oxygen atoms in total. The van der Waals surface area contributed by atoms with Crippen LogP contribution in [0.1, 0.15) is 50.7 Å². The van der Waals surface area contributed by atoms with Gasteiger partial charge in [-0.3, -0.25) is 9.69 Å². The predicted octanol–water partition coefficient (Wildman–Crippen LogP) is 3.26. The van der Waals surface area contributed by atoms with Crippen LogP contribution in [0.15, 0.2) is 24.3 Å². The van der Waals surface area contributed by atoms with Crippen LogP contribution in [-0.4, -0.2) is 29.4 Å². The molecule has 6 heteroatoms. The van der Waals surface area contributed by atoms with Crippen molar-refractivity contribution in [2.24, 2.45) is 5.73 Å². The van der Waals surface area contributed by atoms with Gasteiger partial charge in [-0.25, -0.2) is 0 Å². The summed E-state index contributed by atoms with van der Waals surface area (Å²) >= 11 is 0. The van der Waals surface area contributed by atoms with E-state index < -0.39 is 0 Å². The van der Waals surface area contributed by atoms with E-state index in [0.717, 1.165) is 12.1 Å². The summed E-state index contributed by atoms with van der Waals surface area (Å²) in [6.45, 7) is 6.97. The number of amides is 1. The van der Waals surface area contributed by atoms with Crippen LogP contribution in [0.4, 0.5) is 0 Å². The van der Waals surface area contributed by atoms with Gasteiger partial charge in [0.25, 0.3) is 0 Å². The van der Waals surface area contributed by atoms with Gasteiger partial charge < -0.3 is 11.1 Å². The van der Waals surface area contributed by atoms with Crippen molar-refractivity contribution in [2.45, 2.75) is 64.7 Å². The molecule has 1 amide bonds. The number of benzene rings is 1. The van der Waals surface area contributed by atoms with Crippen LogP contribution in [0.2, 0.25) is 0 Å². The highest BCUT2D eigenvalue weighted by Gasteiger charge is 2.17. The van der Waals surface area contributed by atoms with E-state index in [4.69, 9.17) is 5.73 Å². The van der Waals surface area contributed by atoms with Gasteiger partial charge in [0.1, 0.15) is 0 Å². The average molecular weight is 376 g/mol. The largest absolute Gasteiger partial charge is 0.352 e. The second-order valence-corrected chi connectivity index (χ2v) is 6.59. The quantitative estimate of drug-likeness (QED) is 0.801. The summed E-state index contributed by atoms with van der Waals surface area (Å²) in [5.41, 5.74) is 8.10. The number of carbonyl (C=O) groups excluding carboxylic acids is 1. The molecule has 2 unspecified atom stereocenters. The number of rotatable bonds is 6. The molecule has 138 valence electrons. The van der Waals surface area contributed by atoms with Crippen molar-refractivity contribution in [1.29, 1.82) is 0 Å². The smallest absolute Gasteiger partial charge is 0.221 e. The maximum absolute atomic E-state index is 11.6. The van der Waals surface area contributed by atoms with Gasteiger partial charge in [-0.1, -0.05) is 30.7 Å². The molecule has 0 saturated carbocycles. The highest BCUT2D eigenvalue weighted by atomic mass is 35.5. The highest BCUT2D eigenvalue weighted by molar-refractivity contribution is 5.85. The summed E-state index contributed by atoms with van der Waals surface area (Å²) in [5, 5.41) is 2.91. The van der Waals surface area contributed by atoms with E-state index in [1.165, 1.54) is 31.4 Å². The third-order valence-corrected chi connectivity index (χ3v) is 4.35. The highest BCUT2D eigenvalue weighted by Crippen LogP contribution is 2.19. The Bertz CT molecular complexity index is 480. The number of piperidine rings is 1. The van der Waals surface area contributed by atoms with Crippen molar-refractivity contribution in [2.75, 3.05) is 6.54 Å². The molecule has 0 bridgehead atoms. The van der Waals surface area contributed by atoms with Crippen LogP contribution in [-0.2, 0) is 17.9 Å². The molecule has 1 saturated heterocycles. The molecule has 2 rings (SSSR count). The fourth-order valence-corrected chi connectivity index (χ4v) is 2.95. The zero-order chi connectivity index (χ0) is 15.9. The first-order valence-electron chi connectivity index (χ1n) is 8.38. The summed E-state index contributed by atoms with van der Waals surface area (Å²) < 4.78 is 0. The normalized spacial score (nSPS) is 18.9. The lowest BCUT2D eigenvalue weighted by molar-refractivity contribution is -0.121. The number of nitrogens with zero attached hydrogens (tertiary/aromatic N) is 1. The minimum atomic E-state index is -0.0890. The zero-order valence-electron chi connectivity index (χ0n) is 14.7. The number of hydrogen-bond donors (Lipinski definition) is 2. The number of nitrogens with one attached hydrogen (secondary N) is 1. The fraction of sp³-hybridized carbons (Fsp3) is 0.611.